The summed E-state index contributed by atoms with van der Waals surface area (Å²) in [6, 6.07) is 21.8. The molecule has 0 aliphatic heterocycles. The Balaban J connectivity index is 1.56. The average Bonchev–Trinajstić information content (AvgIpc) is 2.89. The minimum atomic E-state index is -3.65. The van der Waals surface area contributed by atoms with E-state index in [1.807, 2.05) is 49.4 Å². The van der Waals surface area contributed by atoms with Crippen LogP contribution in [0.4, 0.5) is 5.69 Å². The number of carbonyl (C=O) groups is 1. The van der Waals surface area contributed by atoms with Crippen molar-refractivity contribution in [1.29, 1.82) is 0 Å². The van der Waals surface area contributed by atoms with Crippen molar-refractivity contribution < 1.29 is 17.9 Å². The van der Waals surface area contributed by atoms with Crippen LogP contribution in [0.1, 0.15) is 42.9 Å². The maximum absolute atomic E-state index is 13.1. The molecule has 0 heterocycles. The highest BCUT2D eigenvalue weighted by Gasteiger charge is 2.41. The van der Waals surface area contributed by atoms with Crippen LogP contribution in [-0.2, 0) is 26.1 Å². The number of hydrogen-bond acceptors (Lipinski definition) is 5. The number of esters is 1. The molecule has 8 heteroatoms. The summed E-state index contributed by atoms with van der Waals surface area (Å²) in [5.74, 6) is -0.301. The highest BCUT2D eigenvalue weighted by molar-refractivity contribution is 7.89. The van der Waals surface area contributed by atoms with Gasteiger partial charge in [0.2, 0.25) is 10.0 Å². The topological polar surface area (TPSA) is 84.5 Å². The fraction of sp³-hybridized carbons (Fsp3) is 0.276. The van der Waals surface area contributed by atoms with Crippen LogP contribution in [0.3, 0.4) is 0 Å². The molecule has 0 bridgehead atoms. The highest BCUT2D eigenvalue weighted by Crippen LogP contribution is 2.37. The van der Waals surface area contributed by atoms with Gasteiger partial charge in [-0.05, 0) is 80.1 Å². The van der Waals surface area contributed by atoms with Crippen molar-refractivity contribution in [3.8, 4) is 0 Å². The second-order valence-electron chi connectivity index (χ2n) is 9.17. The van der Waals surface area contributed by atoms with Gasteiger partial charge in [0.1, 0.15) is 5.54 Å². The van der Waals surface area contributed by atoms with Crippen LogP contribution in [0.15, 0.2) is 83.8 Å². The number of benzene rings is 3. The van der Waals surface area contributed by atoms with Gasteiger partial charge in [0, 0.05) is 17.3 Å². The Kier molecular flexibility index (Phi) is 8.37. The normalized spacial score (nSPS) is 17.6. The fourth-order valence-corrected chi connectivity index (χ4v) is 5.71. The molecule has 0 fully saturated rings. The molecule has 0 amide bonds. The van der Waals surface area contributed by atoms with E-state index in [4.69, 9.17) is 16.3 Å². The third-order valence-corrected chi connectivity index (χ3v) is 8.19. The second-order valence-corrected chi connectivity index (χ2v) is 11.4. The van der Waals surface area contributed by atoms with Crippen molar-refractivity contribution in [3.05, 3.63) is 101 Å². The zero-order valence-electron chi connectivity index (χ0n) is 21.0. The number of halogens is 1. The van der Waals surface area contributed by atoms with Crippen molar-refractivity contribution in [2.45, 2.75) is 50.1 Å². The molecular formula is C29H31ClN2O4S. The number of hydrogen-bond donors (Lipinski definition) is 2. The Morgan fingerprint density at radius 2 is 1.81 bits per heavy atom. The Morgan fingerprint density at radius 1 is 1.05 bits per heavy atom. The fourth-order valence-electron chi connectivity index (χ4n) is 4.52. The lowest BCUT2D eigenvalue weighted by molar-refractivity contribution is -0.148. The van der Waals surface area contributed by atoms with E-state index < -0.39 is 15.6 Å². The third kappa shape index (κ3) is 6.42. The van der Waals surface area contributed by atoms with Crippen LogP contribution < -0.4 is 10.0 Å². The summed E-state index contributed by atoms with van der Waals surface area (Å²) in [4.78, 5) is 13.3. The number of anilines is 1. The predicted octanol–water partition coefficient (Wildman–Crippen LogP) is 6.11. The molecule has 1 unspecified atom stereocenters. The summed E-state index contributed by atoms with van der Waals surface area (Å²) in [6.07, 6.45) is 3.62. The Labute approximate surface area is 223 Å². The summed E-state index contributed by atoms with van der Waals surface area (Å²) in [6.45, 7) is 4.16. The van der Waals surface area contributed by atoms with Crippen LogP contribution in [0.5, 0.6) is 0 Å². The van der Waals surface area contributed by atoms with Crippen molar-refractivity contribution in [3.63, 3.8) is 0 Å². The second kappa shape index (κ2) is 11.5. The molecule has 1 aliphatic carbocycles. The van der Waals surface area contributed by atoms with Gasteiger partial charge in [0.05, 0.1) is 11.5 Å². The smallest absolute Gasteiger partial charge is 0.332 e. The quantitative estimate of drug-likeness (QED) is 0.321. The lowest BCUT2D eigenvalue weighted by Gasteiger charge is -2.36. The monoisotopic (exact) mass is 538 g/mol. The summed E-state index contributed by atoms with van der Waals surface area (Å²) >= 11 is 6.16. The molecule has 2 N–H and O–H groups in total. The van der Waals surface area contributed by atoms with E-state index >= 15 is 0 Å². The van der Waals surface area contributed by atoms with Crippen molar-refractivity contribution in [1.82, 2.24) is 4.72 Å². The molecule has 0 aromatic heterocycles. The van der Waals surface area contributed by atoms with Gasteiger partial charge in [-0.25, -0.2) is 17.9 Å². The van der Waals surface area contributed by atoms with Gasteiger partial charge in [-0.3, -0.25) is 0 Å². The van der Waals surface area contributed by atoms with Gasteiger partial charge in [0.25, 0.3) is 0 Å². The molecular weight excluding hydrogens is 508 g/mol. The summed E-state index contributed by atoms with van der Waals surface area (Å²) in [5.41, 5.74) is 3.75. The first-order valence-corrected chi connectivity index (χ1v) is 14.1. The number of nitrogens with one attached hydrogen (secondary N) is 2. The number of ether oxygens (including phenoxy) is 1. The third-order valence-electron chi connectivity index (χ3n) is 6.54. The Morgan fingerprint density at radius 3 is 2.49 bits per heavy atom. The van der Waals surface area contributed by atoms with E-state index in [0.717, 1.165) is 28.0 Å². The van der Waals surface area contributed by atoms with Crippen molar-refractivity contribution in [2.75, 3.05) is 11.9 Å². The summed E-state index contributed by atoms with van der Waals surface area (Å²) in [5, 5.41) is 3.96. The minimum absolute atomic E-state index is 0.160. The lowest BCUT2D eigenvalue weighted by atomic mass is 9.79. The van der Waals surface area contributed by atoms with Crippen LogP contribution >= 0.6 is 11.6 Å². The predicted molar refractivity (Wildman–Crippen MR) is 148 cm³/mol. The molecule has 0 radical (unpaired) electrons. The molecule has 0 saturated carbocycles. The van der Waals surface area contributed by atoms with Gasteiger partial charge in [-0.1, -0.05) is 65.7 Å². The Hall–Kier alpha value is -3.13. The molecule has 1 atom stereocenters. The number of aryl methyl sites for hydroxylation is 1. The van der Waals surface area contributed by atoms with Gasteiger partial charge in [-0.2, -0.15) is 0 Å². The van der Waals surface area contributed by atoms with E-state index in [1.54, 1.807) is 43.3 Å². The maximum atomic E-state index is 13.1. The first-order chi connectivity index (χ1) is 17.7. The van der Waals surface area contributed by atoms with E-state index in [-0.39, 0.29) is 17.4 Å². The first-order valence-electron chi connectivity index (χ1n) is 12.3. The molecule has 37 heavy (non-hydrogen) atoms. The molecule has 3 aromatic rings. The highest BCUT2D eigenvalue weighted by atomic mass is 35.5. The van der Waals surface area contributed by atoms with E-state index in [0.29, 0.717) is 30.9 Å². The van der Waals surface area contributed by atoms with Crippen molar-refractivity contribution >= 4 is 38.9 Å². The zero-order valence-corrected chi connectivity index (χ0v) is 22.5. The largest absolute Gasteiger partial charge is 0.464 e. The number of carbonyl (C=O) groups excluding carboxylic acids is 1. The van der Waals surface area contributed by atoms with Gasteiger partial charge < -0.3 is 10.1 Å². The van der Waals surface area contributed by atoms with E-state index in [9.17, 15) is 13.2 Å². The molecule has 0 spiro atoms. The molecule has 1 aliphatic rings. The van der Waals surface area contributed by atoms with Crippen LogP contribution in [0.25, 0.3) is 5.57 Å². The maximum Gasteiger partial charge on any atom is 0.332 e. The van der Waals surface area contributed by atoms with Gasteiger partial charge in [-0.15, -0.1) is 0 Å². The molecule has 3 aromatic carbocycles. The SMILES string of the molecule is CCOC(=O)C1(Nc2cccc(Cl)c2)CC=C(c2ccccc2CNS(=O)(=O)c2ccc(C)cc2)CC1. The Bertz CT molecular complexity index is 1400. The minimum Gasteiger partial charge on any atom is -0.464 e. The number of rotatable bonds is 9. The molecule has 6 nitrogen and oxygen atoms in total. The first kappa shape index (κ1) is 26.9. The average molecular weight is 539 g/mol. The lowest BCUT2D eigenvalue weighted by Crippen LogP contribution is -2.48. The number of allylic oxidation sites excluding steroid dienone is 1. The molecule has 4 rings (SSSR count). The summed E-state index contributed by atoms with van der Waals surface area (Å²) < 4.78 is 33.8. The van der Waals surface area contributed by atoms with Gasteiger partial charge >= 0.3 is 5.97 Å². The van der Waals surface area contributed by atoms with Crippen LogP contribution in [-0.4, -0.2) is 26.5 Å². The van der Waals surface area contributed by atoms with E-state index in [2.05, 4.69) is 10.0 Å². The molecule has 194 valence electrons. The van der Waals surface area contributed by atoms with Gasteiger partial charge in [0.15, 0.2) is 0 Å². The summed E-state index contributed by atoms with van der Waals surface area (Å²) in [7, 11) is -3.65. The van der Waals surface area contributed by atoms with E-state index in [1.165, 1.54) is 0 Å². The molecule has 0 saturated heterocycles. The van der Waals surface area contributed by atoms with Crippen LogP contribution in [0, 0.1) is 6.92 Å². The number of sulfonamides is 1. The zero-order chi connectivity index (χ0) is 26.5. The van der Waals surface area contributed by atoms with Crippen LogP contribution in [0.2, 0.25) is 5.02 Å². The standard InChI is InChI=1S/C29H31ClN2O4S/c1-3-36-28(33)29(32-25-9-6-8-24(30)19-25)17-15-22(16-18-29)27-10-5-4-7-23(27)20-31-37(34,35)26-13-11-21(2)12-14-26/h4-15,19,31-32H,3,16-18,20H2,1-2H3. The van der Waals surface area contributed by atoms with Crippen molar-refractivity contribution in [2.24, 2.45) is 0 Å².